The molecule has 2 saturated carbocycles. The SMILES string of the molecule is CC(C)(C)[C@@]1(/C=C/c2ccc(-c3cccc(F)c3)cn2)C(=O)C[C@@H]2CCCC[C@H]21. The summed E-state index contributed by atoms with van der Waals surface area (Å²) in [4.78, 5) is 17.9. The summed E-state index contributed by atoms with van der Waals surface area (Å²) in [6.45, 7) is 6.60. The number of carbonyl (C=O) groups is 1. The van der Waals surface area contributed by atoms with Gasteiger partial charge in [-0.25, -0.2) is 4.39 Å². The molecular formula is C26H30FNO. The number of hydrogen-bond donors (Lipinski definition) is 0. The molecule has 4 rings (SSSR count). The molecule has 1 aromatic carbocycles. The molecule has 2 fully saturated rings. The predicted octanol–water partition coefficient (Wildman–Crippen LogP) is 6.71. The molecule has 3 atom stereocenters. The Bertz CT molecular complexity index is 924. The molecule has 2 aromatic rings. The van der Waals surface area contributed by atoms with Crippen molar-refractivity contribution in [2.24, 2.45) is 22.7 Å². The van der Waals surface area contributed by atoms with Crippen molar-refractivity contribution in [3.05, 3.63) is 60.2 Å². The summed E-state index contributed by atoms with van der Waals surface area (Å²) < 4.78 is 13.5. The van der Waals surface area contributed by atoms with E-state index >= 15 is 0 Å². The molecule has 2 aliphatic rings. The van der Waals surface area contributed by atoms with Gasteiger partial charge >= 0.3 is 0 Å². The Hall–Kier alpha value is -2.29. The number of benzene rings is 1. The third-order valence-corrected chi connectivity index (χ3v) is 7.11. The molecule has 3 heteroatoms. The van der Waals surface area contributed by atoms with Crippen LogP contribution in [0.3, 0.4) is 0 Å². The molecule has 0 bridgehead atoms. The number of fused-ring (bicyclic) bond motifs is 1. The maximum Gasteiger partial charge on any atom is 0.143 e. The van der Waals surface area contributed by atoms with Crippen LogP contribution in [0.5, 0.6) is 0 Å². The minimum atomic E-state index is -0.416. The van der Waals surface area contributed by atoms with E-state index in [-0.39, 0.29) is 11.2 Å². The molecule has 1 heterocycles. The molecule has 0 unspecified atom stereocenters. The fourth-order valence-electron chi connectivity index (χ4n) is 5.67. The number of hydrogen-bond acceptors (Lipinski definition) is 2. The highest BCUT2D eigenvalue weighted by Gasteiger charge is 2.58. The number of rotatable bonds is 3. The zero-order chi connectivity index (χ0) is 20.6. The first-order chi connectivity index (χ1) is 13.8. The van der Waals surface area contributed by atoms with E-state index in [0.29, 0.717) is 17.6 Å². The maximum atomic E-state index is 13.5. The van der Waals surface area contributed by atoms with Gasteiger partial charge in [-0.2, -0.15) is 0 Å². The summed E-state index contributed by atoms with van der Waals surface area (Å²) in [6.07, 6.45) is 11.5. The van der Waals surface area contributed by atoms with Gasteiger partial charge in [0.05, 0.1) is 11.1 Å². The molecular weight excluding hydrogens is 361 g/mol. The number of carbonyl (C=O) groups excluding carboxylic acids is 1. The van der Waals surface area contributed by atoms with Crippen molar-refractivity contribution < 1.29 is 9.18 Å². The molecule has 2 nitrogen and oxygen atoms in total. The molecule has 0 saturated heterocycles. The van der Waals surface area contributed by atoms with Crippen molar-refractivity contribution in [2.75, 3.05) is 0 Å². The molecule has 0 radical (unpaired) electrons. The molecule has 0 aliphatic heterocycles. The van der Waals surface area contributed by atoms with E-state index in [2.05, 4.69) is 31.8 Å². The molecule has 29 heavy (non-hydrogen) atoms. The number of pyridine rings is 1. The van der Waals surface area contributed by atoms with Crippen molar-refractivity contribution in [1.82, 2.24) is 4.98 Å². The van der Waals surface area contributed by atoms with Gasteiger partial charge in [-0.3, -0.25) is 9.78 Å². The van der Waals surface area contributed by atoms with E-state index in [1.807, 2.05) is 24.3 Å². The molecule has 152 valence electrons. The Morgan fingerprint density at radius 2 is 1.90 bits per heavy atom. The Morgan fingerprint density at radius 1 is 1.10 bits per heavy atom. The number of allylic oxidation sites excluding steroid dienone is 1. The monoisotopic (exact) mass is 391 g/mol. The Labute approximate surface area is 173 Å². The third kappa shape index (κ3) is 3.56. The topological polar surface area (TPSA) is 30.0 Å². The van der Waals surface area contributed by atoms with Gasteiger partial charge in [0.25, 0.3) is 0 Å². The summed E-state index contributed by atoms with van der Waals surface area (Å²) in [5.41, 5.74) is 1.99. The highest BCUT2D eigenvalue weighted by molar-refractivity contribution is 5.91. The summed E-state index contributed by atoms with van der Waals surface area (Å²) >= 11 is 0. The van der Waals surface area contributed by atoms with Gasteiger partial charge in [0.2, 0.25) is 0 Å². The summed E-state index contributed by atoms with van der Waals surface area (Å²) in [6, 6.07) is 10.5. The van der Waals surface area contributed by atoms with E-state index in [9.17, 15) is 9.18 Å². The second-order valence-electron chi connectivity index (χ2n) is 9.71. The van der Waals surface area contributed by atoms with Crippen LogP contribution in [0, 0.1) is 28.5 Å². The van der Waals surface area contributed by atoms with Crippen LogP contribution in [0.1, 0.15) is 58.6 Å². The smallest absolute Gasteiger partial charge is 0.143 e. The van der Waals surface area contributed by atoms with Crippen LogP contribution in [0.15, 0.2) is 48.7 Å². The quantitative estimate of drug-likeness (QED) is 0.582. The number of aromatic nitrogens is 1. The third-order valence-electron chi connectivity index (χ3n) is 7.11. The van der Waals surface area contributed by atoms with Crippen LogP contribution in [0.25, 0.3) is 17.2 Å². The van der Waals surface area contributed by atoms with Gasteiger partial charge in [-0.15, -0.1) is 0 Å². The maximum absolute atomic E-state index is 13.5. The van der Waals surface area contributed by atoms with Crippen LogP contribution in [-0.2, 0) is 4.79 Å². The van der Waals surface area contributed by atoms with Crippen LogP contribution in [0.4, 0.5) is 4.39 Å². The minimum absolute atomic E-state index is 0.126. The minimum Gasteiger partial charge on any atom is -0.299 e. The molecule has 2 aliphatic carbocycles. The van der Waals surface area contributed by atoms with Gasteiger partial charge in [0.1, 0.15) is 11.6 Å². The first-order valence-corrected chi connectivity index (χ1v) is 10.8. The zero-order valence-electron chi connectivity index (χ0n) is 17.6. The summed E-state index contributed by atoms with van der Waals surface area (Å²) in [5.74, 6) is 1.12. The van der Waals surface area contributed by atoms with Gasteiger partial charge in [-0.1, -0.05) is 57.9 Å². The lowest BCUT2D eigenvalue weighted by Crippen LogP contribution is -2.44. The molecule has 1 aromatic heterocycles. The van der Waals surface area contributed by atoms with Crippen LogP contribution in [-0.4, -0.2) is 10.8 Å². The largest absolute Gasteiger partial charge is 0.299 e. The van der Waals surface area contributed by atoms with E-state index in [1.165, 1.54) is 31.4 Å². The molecule has 0 N–H and O–H groups in total. The first kappa shape index (κ1) is 20.0. The molecule has 0 spiro atoms. The lowest BCUT2D eigenvalue weighted by Gasteiger charge is -2.45. The van der Waals surface area contributed by atoms with E-state index in [4.69, 9.17) is 0 Å². The van der Waals surface area contributed by atoms with E-state index in [1.54, 1.807) is 12.3 Å². The van der Waals surface area contributed by atoms with Gasteiger partial charge < -0.3 is 0 Å². The van der Waals surface area contributed by atoms with Gasteiger partial charge in [0.15, 0.2) is 0 Å². The van der Waals surface area contributed by atoms with Crippen molar-refractivity contribution >= 4 is 11.9 Å². The number of nitrogens with zero attached hydrogens (tertiary/aromatic N) is 1. The predicted molar refractivity (Wildman–Crippen MR) is 116 cm³/mol. The second-order valence-corrected chi connectivity index (χ2v) is 9.71. The lowest BCUT2D eigenvalue weighted by molar-refractivity contribution is -0.130. The molecule has 0 amide bonds. The summed E-state index contributed by atoms with van der Waals surface area (Å²) in [5, 5.41) is 0. The van der Waals surface area contributed by atoms with Crippen LogP contribution in [0.2, 0.25) is 0 Å². The Balaban J connectivity index is 1.64. The average molecular weight is 392 g/mol. The van der Waals surface area contributed by atoms with E-state index < -0.39 is 5.41 Å². The normalized spacial score (nSPS) is 27.4. The standard InChI is InChI=1S/C26H30FNO/c1-25(2,3)26(23-10-5-4-7-19(23)16-24(26)29)14-13-22-12-11-20(17-28-22)18-8-6-9-21(27)15-18/h6,8-9,11-15,17,19,23H,4-5,7,10,16H2,1-3H3/b14-13+/t19-,23+,26+/m0/s1. The van der Waals surface area contributed by atoms with E-state index in [0.717, 1.165) is 29.7 Å². The fraction of sp³-hybridized carbons (Fsp3) is 0.462. The zero-order valence-corrected chi connectivity index (χ0v) is 17.6. The number of Topliss-reactive ketones (excluding diaryl/α,β-unsaturated/α-hetero) is 1. The highest BCUT2D eigenvalue weighted by Crippen LogP contribution is 2.59. The number of halogens is 1. The van der Waals surface area contributed by atoms with Crippen molar-refractivity contribution in [2.45, 2.75) is 52.9 Å². The van der Waals surface area contributed by atoms with Crippen molar-refractivity contribution in [1.29, 1.82) is 0 Å². The number of ketones is 1. The van der Waals surface area contributed by atoms with Gasteiger partial charge in [0, 0.05) is 18.2 Å². The van der Waals surface area contributed by atoms with Crippen molar-refractivity contribution in [3.8, 4) is 11.1 Å². The van der Waals surface area contributed by atoms with Crippen LogP contribution < -0.4 is 0 Å². The second kappa shape index (κ2) is 7.51. The van der Waals surface area contributed by atoms with Crippen molar-refractivity contribution in [3.63, 3.8) is 0 Å². The lowest BCUT2D eigenvalue weighted by atomic mass is 9.57. The summed E-state index contributed by atoms with van der Waals surface area (Å²) in [7, 11) is 0. The average Bonchev–Trinajstić information content (AvgIpc) is 2.99. The Kier molecular flexibility index (Phi) is 5.18. The van der Waals surface area contributed by atoms with Gasteiger partial charge in [-0.05, 0) is 59.9 Å². The van der Waals surface area contributed by atoms with Crippen LogP contribution >= 0.6 is 0 Å². The Morgan fingerprint density at radius 3 is 2.59 bits per heavy atom. The highest BCUT2D eigenvalue weighted by atomic mass is 19.1. The first-order valence-electron chi connectivity index (χ1n) is 10.8. The fourth-order valence-corrected chi connectivity index (χ4v) is 5.67.